The van der Waals surface area contributed by atoms with Crippen molar-refractivity contribution in [3.63, 3.8) is 0 Å². The Balaban J connectivity index is 2.44. The average Bonchev–Trinajstić information content (AvgIpc) is 2.27. The van der Waals surface area contributed by atoms with E-state index in [1.54, 1.807) is 12.1 Å². The molecule has 94 valence electrons. The predicted molar refractivity (Wildman–Crippen MR) is 71.1 cm³/mol. The van der Waals surface area contributed by atoms with Crippen LogP contribution in [0.2, 0.25) is 0 Å². The molecular weight excluding hydrogens is 214 g/mol. The molecule has 0 aliphatic carbocycles. The fraction of sp³-hybridized carbons (Fsp3) is 0.462. The summed E-state index contributed by atoms with van der Waals surface area (Å²) in [5.74, 6) is -0.0598. The molecule has 1 amide bonds. The van der Waals surface area contributed by atoms with Gasteiger partial charge in [-0.2, -0.15) is 0 Å². The lowest BCUT2D eigenvalue weighted by Crippen LogP contribution is -2.27. The molecule has 4 heteroatoms. The molecule has 0 spiro atoms. The highest BCUT2D eigenvalue weighted by Gasteiger charge is 2.05. The Hall–Kier alpha value is -1.55. The number of rotatable bonds is 5. The van der Waals surface area contributed by atoms with Crippen LogP contribution in [0.5, 0.6) is 0 Å². The van der Waals surface area contributed by atoms with Crippen molar-refractivity contribution in [1.82, 2.24) is 10.2 Å². The van der Waals surface area contributed by atoms with Crippen LogP contribution in [0.4, 0.5) is 5.69 Å². The second-order valence-corrected chi connectivity index (χ2v) is 4.48. The Labute approximate surface area is 103 Å². The van der Waals surface area contributed by atoms with Crippen LogP contribution >= 0.6 is 0 Å². The molecule has 0 aromatic heterocycles. The number of anilines is 1. The van der Waals surface area contributed by atoms with Crippen LogP contribution in [-0.4, -0.2) is 38.0 Å². The third-order valence-corrected chi connectivity index (χ3v) is 2.61. The van der Waals surface area contributed by atoms with Crippen LogP contribution in [0, 0.1) is 6.92 Å². The first kappa shape index (κ1) is 13.5. The van der Waals surface area contributed by atoms with Crippen molar-refractivity contribution in [3.8, 4) is 0 Å². The van der Waals surface area contributed by atoms with Crippen molar-refractivity contribution in [1.29, 1.82) is 0 Å². The van der Waals surface area contributed by atoms with E-state index in [9.17, 15) is 4.79 Å². The van der Waals surface area contributed by atoms with Gasteiger partial charge in [-0.05, 0) is 51.7 Å². The summed E-state index contributed by atoms with van der Waals surface area (Å²) < 4.78 is 0. The molecule has 17 heavy (non-hydrogen) atoms. The van der Waals surface area contributed by atoms with E-state index >= 15 is 0 Å². The van der Waals surface area contributed by atoms with Crippen molar-refractivity contribution < 1.29 is 4.79 Å². The monoisotopic (exact) mass is 235 g/mol. The van der Waals surface area contributed by atoms with Gasteiger partial charge in [-0.15, -0.1) is 0 Å². The number of carbonyl (C=O) groups is 1. The number of benzene rings is 1. The average molecular weight is 235 g/mol. The minimum atomic E-state index is -0.0598. The van der Waals surface area contributed by atoms with Crippen LogP contribution in [0.15, 0.2) is 18.2 Å². The fourth-order valence-electron chi connectivity index (χ4n) is 1.48. The summed E-state index contributed by atoms with van der Waals surface area (Å²) in [5, 5.41) is 2.88. The van der Waals surface area contributed by atoms with Gasteiger partial charge >= 0.3 is 0 Å². The maximum Gasteiger partial charge on any atom is 0.251 e. The first-order chi connectivity index (χ1) is 8.00. The van der Waals surface area contributed by atoms with E-state index in [-0.39, 0.29) is 5.91 Å². The number of aryl methyl sites for hydroxylation is 1. The van der Waals surface area contributed by atoms with E-state index in [4.69, 9.17) is 5.73 Å². The third-order valence-electron chi connectivity index (χ3n) is 2.61. The van der Waals surface area contributed by atoms with Gasteiger partial charge in [0.15, 0.2) is 0 Å². The lowest BCUT2D eigenvalue weighted by molar-refractivity contribution is 0.0952. The first-order valence-electron chi connectivity index (χ1n) is 5.80. The quantitative estimate of drug-likeness (QED) is 0.596. The number of nitrogens with one attached hydrogen (secondary N) is 1. The van der Waals surface area contributed by atoms with Gasteiger partial charge in [-0.25, -0.2) is 0 Å². The number of amides is 1. The Kier molecular flexibility index (Phi) is 4.97. The Bertz CT molecular complexity index is 388. The summed E-state index contributed by atoms with van der Waals surface area (Å²) in [6.07, 6.45) is 0.945. The summed E-state index contributed by atoms with van der Waals surface area (Å²) in [7, 11) is 4.03. The molecular formula is C13H21N3O. The molecule has 0 saturated carbocycles. The molecule has 1 rings (SSSR count). The van der Waals surface area contributed by atoms with Crippen LogP contribution in [-0.2, 0) is 0 Å². The topological polar surface area (TPSA) is 58.4 Å². The van der Waals surface area contributed by atoms with Crippen LogP contribution in [0.3, 0.4) is 0 Å². The van der Waals surface area contributed by atoms with Gasteiger partial charge in [0, 0.05) is 17.8 Å². The van der Waals surface area contributed by atoms with E-state index in [0.717, 1.165) is 18.5 Å². The van der Waals surface area contributed by atoms with Gasteiger partial charge in [0.2, 0.25) is 0 Å². The number of nitrogens with two attached hydrogens (primary N) is 1. The van der Waals surface area contributed by atoms with Crippen molar-refractivity contribution >= 4 is 11.6 Å². The number of hydrogen-bond acceptors (Lipinski definition) is 3. The third kappa shape index (κ3) is 4.44. The molecule has 0 saturated heterocycles. The number of hydrogen-bond donors (Lipinski definition) is 2. The van der Waals surface area contributed by atoms with Gasteiger partial charge in [0.05, 0.1) is 0 Å². The molecule has 1 aromatic rings. The number of nitrogens with zero attached hydrogens (tertiary/aromatic N) is 1. The minimum Gasteiger partial charge on any atom is -0.398 e. The zero-order valence-corrected chi connectivity index (χ0v) is 10.8. The first-order valence-corrected chi connectivity index (χ1v) is 5.80. The lowest BCUT2D eigenvalue weighted by atomic mass is 10.1. The van der Waals surface area contributed by atoms with Crippen LogP contribution in [0.25, 0.3) is 0 Å². The minimum absolute atomic E-state index is 0.0598. The molecule has 4 nitrogen and oxygen atoms in total. The maximum atomic E-state index is 11.8. The predicted octanol–water partition coefficient (Wildman–Crippen LogP) is 1.26. The van der Waals surface area contributed by atoms with E-state index < -0.39 is 0 Å². The molecule has 1 aromatic carbocycles. The number of nitrogen functional groups attached to an aromatic ring is 1. The molecule has 3 N–H and O–H groups in total. The highest BCUT2D eigenvalue weighted by Crippen LogP contribution is 2.12. The van der Waals surface area contributed by atoms with Crippen LogP contribution in [0.1, 0.15) is 22.3 Å². The second kappa shape index (κ2) is 6.25. The highest BCUT2D eigenvalue weighted by molar-refractivity contribution is 5.95. The molecule has 0 atom stereocenters. The Morgan fingerprint density at radius 1 is 1.41 bits per heavy atom. The van der Waals surface area contributed by atoms with E-state index in [1.807, 2.05) is 27.1 Å². The van der Waals surface area contributed by atoms with Gasteiger partial charge < -0.3 is 16.0 Å². The molecule has 0 radical (unpaired) electrons. The van der Waals surface area contributed by atoms with Gasteiger partial charge in [0.25, 0.3) is 5.91 Å². The van der Waals surface area contributed by atoms with E-state index in [0.29, 0.717) is 17.8 Å². The van der Waals surface area contributed by atoms with Crippen LogP contribution < -0.4 is 11.1 Å². The highest BCUT2D eigenvalue weighted by atomic mass is 16.1. The Morgan fingerprint density at radius 3 is 2.71 bits per heavy atom. The fourth-order valence-corrected chi connectivity index (χ4v) is 1.48. The summed E-state index contributed by atoms with van der Waals surface area (Å²) in [6.45, 7) is 3.58. The summed E-state index contributed by atoms with van der Waals surface area (Å²) in [6, 6.07) is 5.38. The van der Waals surface area contributed by atoms with Crippen molar-refractivity contribution in [2.24, 2.45) is 0 Å². The van der Waals surface area contributed by atoms with Crippen molar-refractivity contribution in [3.05, 3.63) is 29.3 Å². The van der Waals surface area contributed by atoms with Crippen molar-refractivity contribution in [2.45, 2.75) is 13.3 Å². The normalized spacial score (nSPS) is 10.6. The molecule has 0 aliphatic rings. The zero-order valence-electron chi connectivity index (χ0n) is 10.8. The smallest absolute Gasteiger partial charge is 0.251 e. The van der Waals surface area contributed by atoms with Crippen molar-refractivity contribution in [2.75, 3.05) is 32.9 Å². The van der Waals surface area contributed by atoms with E-state index in [2.05, 4.69) is 10.2 Å². The molecule has 0 aliphatic heterocycles. The van der Waals surface area contributed by atoms with Gasteiger partial charge in [-0.1, -0.05) is 6.07 Å². The Morgan fingerprint density at radius 2 is 2.12 bits per heavy atom. The molecule has 0 fully saturated rings. The lowest BCUT2D eigenvalue weighted by Gasteiger charge is -2.10. The molecule has 0 unspecified atom stereocenters. The zero-order chi connectivity index (χ0) is 12.8. The number of carbonyl (C=O) groups excluding carboxylic acids is 1. The molecule has 0 heterocycles. The summed E-state index contributed by atoms with van der Waals surface area (Å²) >= 11 is 0. The summed E-state index contributed by atoms with van der Waals surface area (Å²) in [5.41, 5.74) is 8.04. The largest absolute Gasteiger partial charge is 0.398 e. The molecule has 0 bridgehead atoms. The summed E-state index contributed by atoms with van der Waals surface area (Å²) in [4.78, 5) is 13.9. The SMILES string of the molecule is Cc1ccc(C(=O)NCCCN(C)C)cc1N. The van der Waals surface area contributed by atoms with E-state index in [1.165, 1.54) is 0 Å². The second-order valence-electron chi connectivity index (χ2n) is 4.48. The standard InChI is InChI=1S/C13H21N3O/c1-10-5-6-11(9-12(10)14)13(17)15-7-4-8-16(2)3/h5-6,9H,4,7-8,14H2,1-3H3,(H,15,17). The maximum absolute atomic E-state index is 11.8. The van der Waals surface area contributed by atoms with Gasteiger partial charge in [-0.3, -0.25) is 4.79 Å². The van der Waals surface area contributed by atoms with Gasteiger partial charge in [0.1, 0.15) is 0 Å².